The number of carboxylic acid groups (broad SMARTS) is 1. The number of carbonyl (C=O) groups excluding carboxylic acids is 1. The quantitative estimate of drug-likeness (QED) is 0.909. The average molecular weight is 308 g/mol. The molecule has 2 aromatic rings. The molecule has 0 unspecified atom stereocenters. The molecule has 1 heterocycles. The number of nitrogens with one attached hydrogen (secondary N) is 1. The molecule has 21 heavy (non-hydrogen) atoms. The topological polar surface area (TPSA) is 84.2 Å². The Bertz CT molecular complexity index is 709. The van der Waals surface area contributed by atoms with Crippen LogP contribution in [0.25, 0.3) is 0 Å². The number of hydrogen-bond donors (Lipinski definition) is 2. The number of carboxylic acids is 1. The van der Waals surface area contributed by atoms with Crippen LogP contribution in [0.15, 0.2) is 24.4 Å². The van der Waals surface area contributed by atoms with E-state index >= 15 is 0 Å². The van der Waals surface area contributed by atoms with Gasteiger partial charge < -0.3 is 10.4 Å². The average Bonchev–Trinajstić information content (AvgIpc) is 2.79. The second kappa shape index (κ2) is 5.97. The van der Waals surface area contributed by atoms with Gasteiger partial charge in [-0.1, -0.05) is 24.6 Å². The van der Waals surface area contributed by atoms with Crippen LogP contribution in [-0.2, 0) is 13.5 Å². The summed E-state index contributed by atoms with van der Waals surface area (Å²) in [4.78, 5) is 23.5. The van der Waals surface area contributed by atoms with E-state index in [0.29, 0.717) is 17.7 Å². The van der Waals surface area contributed by atoms with Crippen molar-refractivity contribution in [3.05, 3.63) is 46.2 Å². The molecule has 0 aliphatic carbocycles. The van der Waals surface area contributed by atoms with Gasteiger partial charge in [-0.15, -0.1) is 0 Å². The largest absolute Gasteiger partial charge is 0.478 e. The highest BCUT2D eigenvalue weighted by Crippen LogP contribution is 2.25. The van der Waals surface area contributed by atoms with E-state index in [1.165, 1.54) is 12.1 Å². The van der Waals surface area contributed by atoms with Crippen molar-refractivity contribution in [3.8, 4) is 0 Å². The summed E-state index contributed by atoms with van der Waals surface area (Å²) in [7, 11) is 1.72. The standard InChI is InChI=1S/C14H14ClN3O3/c1-3-10-8(7-18(2)17-10)13(19)16-11-6-4-5-9(15)12(11)14(20)21/h4-7H,3H2,1-2H3,(H,16,19)(H,20,21). The molecule has 0 aliphatic rings. The predicted octanol–water partition coefficient (Wildman–Crippen LogP) is 2.59. The van der Waals surface area contributed by atoms with E-state index in [9.17, 15) is 14.7 Å². The first kappa shape index (κ1) is 15.1. The van der Waals surface area contributed by atoms with Gasteiger partial charge in [0.25, 0.3) is 5.91 Å². The van der Waals surface area contributed by atoms with Crippen molar-refractivity contribution in [2.75, 3.05) is 5.32 Å². The number of nitrogens with zero attached hydrogens (tertiary/aromatic N) is 2. The summed E-state index contributed by atoms with van der Waals surface area (Å²) in [6, 6.07) is 4.53. The Balaban J connectivity index is 2.36. The van der Waals surface area contributed by atoms with Crippen LogP contribution in [0.3, 0.4) is 0 Å². The third-order valence-electron chi connectivity index (χ3n) is 2.96. The molecule has 0 spiro atoms. The Hall–Kier alpha value is -2.34. The number of aromatic carboxylic acids is 1. The molecule has 0 saturated carbocycles. The number of rotatable bonds is 4. The Morgan fingerprint density at radius 3 is 2.76 bits per heavy atom. The molecule has 0 bridgehead atoms. The molecule has 0 atom stereocenters. The van der Waals surface area contributed by atoms with Crippen molar-refractivity contribution >= 4 is 29.2 Å². The van der Waals surface area contributed by atoms with Gasteiger partial charge in [0.2, 0.25) is 0 Å². The lowest BCUT2D eigenvalue weighted by Crippen LogP contribution is -2.16. The van der Waals surface area contributed by atoms with Crippen molar-refractivity contribution in [2.24, 2.45) is 7.05 Å². The zero-order valence-corrected chi connectivity index (χ0v) is 12.3. The highest BCUT2D eigenvalue weighted by atomic mass is 35.5. The van der Waals surface area contributed by atoms with Crippen LogP contribution >= 0.6 is 11.6 Å². The van der Waals surface area contributed by atoms with Gasteiger partial charge in [-0.3, -0.25) is 9.48 Å². The minimum Gasteiger partial charge on any atom is -0.478 e. The minimum atomic E-state index is -1.20. The fourth-order valence-corrected chi connectivity index (χ4v) is 2.28. The number of halogens is 1. The molecule has 2 rings (SSSR count). The van der Waals surface area contributed by atoms with Crippen molar-refractivity contribution in [1.29, 1.82) is 0 Å². The molecular weight excluding hydrogens is 294 g/mol. The molecule has 0 radical (unpaired) electrons. The molecule has 0 aliphatic heterocycles. The summed E-state index contributed by atoms with van der Waals surface area (Å²) < 4.78 is 1.55. The fraction of sp³-hybridized carbons (Fsp3) is 0.214. The summed E-state index contributed by atoms with van der Waals surface area (Å²) in [5.74, 6) is -1.61. The molecule has 0 fully saturated rings. The molecular formula is C14H14ClN3O3. The molecule has 1 amide bonds. The summed E-state index contributed by atoms with van der Waals surface area (Å²) in [6.45, 7) is 1.89. The Labute approximate surface area is 126 Å². The number of anilines is 1. The molecule has 110 valence electrons. The highest BCUT2D eigenvalue weighted by molar-refractivity contribution is 6.34. The van der Waals surface area contributed by atoms with E-state index in [2.05, 4.69) is 10.4 Å². The lowest BCUT2D eigenvalue weighted by Gasteiger charge is -2.09. The van der Waals surface area contributed by atoms with Gasteiger partial charge in [0.05, 0.1) is 22.0 Å². The van der Waals surface area contributed by atoms with Gasteiger partial charge >= 0.3 is 5.97 Å². The second-order valence-electron chi connectivity index (χ2n) is 4.44. The maximum atomic E-state index is 12.3. The van der Waals surface area contributed by atoms with Gasteiger partial charge in [0.15, 0.2) is 0 Å². The first-order valence-electron chi connectivity index (χ1n) is 6.29. The summed E-state index contributed by atoms with van der Waals surface area (Å²) >= 11 is 5.87. The maximum Gasteiger partial charge on any atom is 0.339 e. The number of amides is 1. The van der Waals surface area contributed by atoms with Gasteiger partial charge in [0.1, 0.15) is 5.56 Å². The number of carbonyl (C=O) groups is 2. The molecule has 6 nitrogen and oxygen atoms in total. The summed E-state index contributed by atoms with van der Waals surface area (Å²) in [5, 5.41) is 16.0. The zero-order valence-electron chi connectivity index (χ0n) is 11.6. The summed E-state index contributed by atoms with van der Waals surface area (Å²) in [6.07, 6.45) is 2.20. The number of aryl methyl sites for hydroxylation is 2. The third-order valence-corrected chi connectivity index (χ3v) is 3.28. The Morgan fingerprint density at radius 2 is 2.14 bits per heavy atom. The minimum absolute atomic E-state index is 0.0715. The zero-order chi connectivity index (χ0) is 15.6. The van der Waals surface area contributed by atoms with E-state index < -0.39 is 11.9 Å². The molecule has 7 heteroatoms. The first-order chi connectivity index (χ1) is 9.93. The van der Waals surface area contributed by atoms with E-state index in [-0.39, 0.29) is 16.3 Å². The van der Waals surface area contributed by atoms with Crippen LogP contribution in [0.4, 0.5) is 5.69 Å². The lowest BCUT2D eigenvalue weighted by molar-refractivity contribution is 0.0698. The van der Waals surface area contributed by atoms with Crippen LogP contribution in [0.5, 0.6) is 0 Å². The van der Waals surface area contributed by atoms with Crippen LogP contribution in [0.1, 0.15) is 33.3 Å². The highest BCUT2D eigenvalue weighted by Gasteiger charge is 2.19. The van der Waals surface area contributed by atoms with Gasteiger partial charge in [0, 0.05) is 13.2 Å². The van der Waals surface area contributed by atoms with E-state index in [4.69, 9.17) is 11.6 Å². The third kappa shape index (κ3) is 3.05. The number of aromatic nitrogens is 2. The van der Waals surface area contributed by atoms with Crippen molar-refractivity contribution in [2.45, 2.75) is 13.3 Å². The van der Waals surface area contributed by atoms with E-state index in [1.807, 2.05) is 6.92 Å². The maximum absolute atomic E-state index is 12.3. The Kier molecular flexibility index (Phi) is 4.28. The number of benzene rings is 1. The monoisotopic (exact) mass is 307 g/mol. The SMILES string of the molecule is CCc1nn(C)cc1C(=O)Nc1cccc(Cl)c1C(=O)O. The normalized spacial score (nSPS) is 10.4. The number of hydrogen-bond acceptors (Lipinski definition) is 3. The van der Waals surface area contributed by atoms with Crippen LogP contribution < -0.4 is 5.32 Å². The van der Waals surface area contributed by atoms with Crippen molar-refractivity contribution in [1.82, 2.24) is 9.78 Å². The lowest BCUT2D eigenvalue weighted by atomic mass is 10.1. The van der Waals surface area contributed by atoms with Crippen LogP contribution in [0, 0.1) is 0 Å². The van der Waals surface area contributed by atoms with Gasteiger partial charge in [-0.25, -0.2) is 4.79 Å². The van der Waals surface area contributed by atoms with Gasteiger partial charge in [-0.05, 0) is 18.6 Å². The summed E-state index contributed by atoms with van der Waals surface area (Å²) in [5.41, 5.74) is 1.09. The van der Waals surface area contributed by atoms with Crippen LogP contribution in [-0.4, -0.2) is 26.8 Å². The molecule has 1 aromatic carbocycles. The molecule has 0 saturated heterocycles. The van der Waals surface area contributed by atoms with Crippen molar-refractivity contribution in [3.63, 3.8) is 0 Å². The fourth-order valence-electron chi connectivity index (χ4n) is 2.02. The van der Waals surface area contributed by atoms with E-state index in [0.717, 1.165) is 0 Å². The smallest absolute Gasteiger partial charge is 0.339 e. The van der Waals surface area contributed by atoms with E-state index in [1.54, 1.807) is 24.0 Å². The van der Waals surface area contributed by atoms with Crippen LogP contribution in [0.2, 0.25) is 5.02 Å². The Morgan fingerprint density at radius 1 is 1.43 bits per heavy atom. The van der Waals surface area contributed by atoms with Crippen molar-refractivity contribution < 1.29 is 14.7 Å². The molecule has 2 N–H and O–H groups in total. The van der Waals surface area contributed by atoms with Gasteiger partial charge in [-0.2, -0.15) is 5.10 Å². The molecule has 1 aromatic heterocycles. The first-order valence-corrected chi connectivity index (χ1v) is 6.67. The second-order valence-corrected chi connectivity index (χ2v) is 4.85. The predicted molar refractivity (Wildman–Crippen MR) is 79.0 cm³/mol.